The summed E-state index contributed by atoms with van der Waals surface area (Å²) >= 11 is 0. The molecule has 0 radical (unpaired) electrons. The van der Waals surface area contributed by atoms with Gasteiger partial charge in [-0.1, -0.05) is 12.1 Å². The van der Waals surface area contributed by atoms with E-state index in [0.717, 1.165) is 29.7 Å². The molecule has 0 atom stereocenters. The van der Waals surface area contributed by atoms with Crippen LogP contribution in [0.3, 0.4) is 0 Å². The Bertz CT molecular complexity index is 742. The van der Waals surface area contributed by atoms with Gasteiger partial charge in [0.2, 0.25) is 10.0 Å². The van der Waals surface area contributed by atoms with E-state index >= 15 is 0 Å². The van der Waals surface area contributed by atoms with Crippen molar-refractivity contribution >= 4 is 26.7 Å². The minimum absolute atomic E-state index is 0.497. The number of benzene rings is 1. The van der Waals surface area contributed by atoms with Gasteiger partial charge in [-0.2, -0.15) is 0 Å². The van der Waals surface area contributed by atoms with Crippen molar-refractivity contribution in [1.29, 1.82) is 0 Å². The number of aromatic nitrogens is 2. The number of para-hydroxylation sites is 1. The minimum Gasteiger partial charge on any atom is -0.355 e. The Balaban J connectivity index is 1.90. The molecule has 1 aliphatic heterocycles. The molecule has 1 aromatic heterocycles. The fraction of sp³-hybridized carbons (Fsp3) is 0.429. The van der Waals surface area contributed by atoms with Crippen LogP contribution in [0.1, 0.15) is 6.42 Å². The van der Waals surface area contributed by atoms with Crippen LogP contribution in [0.2, 0.25) is 0 Å². The Morgan fingerprint density at radius 3 is 2.67 bits per heavy atom. The molecule has 2 aromatic rings. The Labute approximate surface area is 124 Å². The average molecular weight is 306 g/mol. The third-order valence-corrected chi connectivity index (χ3v) is 5.05. The Morgan fingerprint density at radius 1 is 1.05 bits per heavy atom. The van der Waals surface area contributed by atoms with Crippen LogP contribution in [0, 0.1) is 0 Å². The van der Waals surface area contributed by atoms with Crippen LogP contribution in [-0.2, 0) is 10.0 Å². The van der Waals surface area contributed by atoms with Crippen molar-refractivity contribution in [3.05, 3.63) is 30.6 Å². The lowest BCUT2D eigenvalue weighted by atomic mass is 10.2. The highest BCUT2D eigenvalue weighted by molar-refractivity contribution is 7.88. The molecule has 0 amide bonds. The quantitative estimate of drug-likeness (QED) is 0.831. The molecule has 2 heterocycles. The second kappa shape index (κ2) is 5.57. The molecule has 1 aliphatic rings. The minimum atomic E-state index is -3.12. The van der Waals surface area contributed by atoms with Gasteiger partial charge in [-0.3, -0.25) is 0 Å². The highest BCUT2D eigenvalue weighted by Gasteiger charge is 2.22. The summed E-state index contributed by atoms with van der Waals surface area (Å²) in [5.74, 6) is 0.885. The molecule has 0 spiro atoms. The highest BCUT2D eigenvalue weighted by atomic mass is 32.2. The van der Waals surface area contributed by atoms with Crippen LogP contribution >= 0.6 is 0 Å². The third kappa shape index (κ3) is 2.98. The second-order valence-electron chi connectivity index (χ2n) is 5.22. The van der Waals surface area contributed by atoms with Crippen molar-refractivity contribution in [2.45, 2.75) is 6.42 Å². The fourth-order valence-electron chi connectivity index (χ4n) is 2.68. The standard InChI is InChI=1S/C14H18N4O2S/c1-21(19,20)18-8-4-7-17(9-10-18)14-12-5-2-3-6-13(12)15-11-16-14/h2-3,5-6,11H,4,7-10H2,1H3. The predicted octanol–water partition coefficient (Wildman–Crippen LogP) is 1.10. The van der Waals surface area contributed by atoms with Gasteiger partial charge in [0.25, 0.3) is 0 Å². The molecule has 21 heavy (non-hydrogen) atoms. The maximum Gasteiger partial charge on any atom is 0.211 e. The largest absolute Gasteiger partial charge is 0.355 e. The van der Waals surface area contributed by atoms with Crippen molar-refractivity contribution in [1.82, 2.24) is 14.3 Å². The molecule has 0 N–H and O–H groups in total. The van der Waals surface area contributed by atoms with Crippen molar-refractivity contribution in [3.8, 4) is 0 Å². The van der Waals surface area contributed by atoms with Crippen LogP contribution in [0.5, 0.6) is 0 Å². The maximum absolute atomic E-state index is 11.7. The summed E-state index contributed by atoms with van der Waals surface area (Å²) in [4.78, 5) is 10.8. The van der Waals surface area contributed by atoms with E-state index in [2.05, 4.69) is 14.9 Å². The number of sulfonamides is 1. The Morgan fingerprint density at radius 2 is 1.86 bits per heavy atom. The van der Waals surface area contributed by atoms with Crippen LogP contribution < -0.4 is 4.90 Å². The van der Waals surface area contributed by atoms with Crippen LogP contribution in [-0.4, -0.2) is 55.1 Å². The van der Waals surface area contributed by atoms with Crippen LogP contribution in [0.25, 0.3) is 10.9 Å². The monoisotopic (exact) mass is 306 g/mol. The van der Waals surface area contributed by atoms with E-state index in [-0.39, 0.29) is 0 Å². The number of rotatable bonds is 2. The smallest absolute Gasteiger partial charge is 0.211 e. The number of nitrogens with zero attached hydrogens (tertiary/aromatic N) is 4. The number of anilines is 1. The summed E-state index contributed by atoms with van der Waals surface area (Å²) in [6.07, 6.45) is 3.63. The lowest BCUT2D eigenvalue weighted by Gasteiger charge is -2.23. The lowest BCUT2D eigenvalue weighted by Crippen LogP contribution is -2.34. The van der Waals surface area contributed by atoms with E-state index in [4.69, 9.17) is 0 Å². The van der Waals surface area contributed by atoms with Gasteiger partial charge in [0.05, 0.1) is 11.8 Å². The molecular weight excluding hydrogens is 288 g/mol. The predicted molar refractivity (Wildman–Crippen MR) is 82.8 cm³/mol. The molecule has 0 bridgehead atoms. The highest BCUT2D eigenvalue weighted by Crippen LogP contribution is 2.23. The van der Waals surface area contributed by atoms with E-state index in [0.29, 0.717) is 19.6 Å². The molecule has 0 saturated carbocycles. The van der Waals surface area contributed by atoms with E-state index < -0.39 is 10.0 Å². The first-order valence-corrected chi connectivity index (χ1v) is 8.80. The average Bonchev–Trinajstić information content (AvgIpc) is 2.72. The summed E-state index contributed by atoms with van der Waals surface area (Å²) in [5.41, 5.74) is 0.909. The van der Waals surface area contributed by atoms with E-state index in [1.165, 1.54) is 10.6 Å². The van der Waals surface area contributed by atoms with E-state index in [9.17, 15) is 8.42 Å². The maximum atomic E-state index is 11.7. The molecular formula is C14H18N4O2S. The third-order valence-electron chi connectivity index (χ3n) is 3.75. The topological polar surface area (TPSA) is 66.4 Å². The van der Waals surface area contributed by atoms with Crippen LogP contribution in [0.15, 0.2) is 30.6 Å². The summed E-state index contributed by atoms with van der Waals surface area (Å²) < 4.78 is 24.9. The SMILES string of the molecule is CS(=O)(=O)N1CCCN(c2ncnc3ccccc23)CC1. The van der Waals surface area contributed by atoms with Crippen molar-refractivity contribution in [3.63, 3.8) is 0 Å². The Hall–Kier alpha value is -1.73. The van der Waals surface area contributed by atoms with Gasteiger partial charge in [0.1, 0.15) is 12.1 Å². The molecule has 7 heteroatoms. The normalized spacial score (nSPS) is 17.9. The van der Waals surface area contributed by atoms with Gasteiger partial charge in [0.15, 0.2) is 0 Å². The molecule has 6 nitrogen and oxygen atoms in total. The number of fused-ring (bicyclic) bond motifs is 1. The lowest BCUT2D eigenvalue weighted by molar-refractivity contribution is 0.437. The van der Waals surface area contributed by atoms with Gasteiger partial charge in [0, 0.05) is 31.6 Å². The zero-order valence-corrected chi connectivity index (χ0v) is 12.8. The van der Waals surface area contributed by atoms with Crippen molar-refractivity contribution in [2.75, 3.05) is 37.3 Å². The molecule has 1 saturated heterocycles. The van der Waals surface area contributed by atoms with Gasteiger partial charge in [-0.25, -0.2) is 22.7 Å². The number of hydrogen-bond acceptors (Lipinski definition) is 5. The van der Waals surface area contributed by atoms with Gasteiger partial charge in [-0.15, -0.1) is 0 Å². The molecule has 1 aromatic carbocycles. The summed E-state index contributed by atoms with van der Waals surface area (Å²) in [6, 6.07) is 7.88. The first-order chi connectivity index (χ1) is 10.1. The molecule has 0 unspecified atom stereocenters. The summed E-state index contributed by atoms with van der Waals surface area (Å²) in [7, 11) is -3.12. The molecule has 112 valence electrons. The summed E-state index contributed by atoms with van der Waals surface area (Å²) in [5, 5.41) is 1.01. The van der Waals surface area contributed by atoms with E-state index in [1.807, 2.05) is 24.3 Å². The second-order valence-corrected chi connectivity index (χ2v) is 7.20. The zero-order valence-electron chi connectivity index (χ0n) is 11.9. The first kappa shape index (κ1) is 14.2. The summed E-state index contributed by atoms with van der Waals surface area (Å²) in [6.45, 7) is 2.51. The van der Waals surface area contributed by atoms with Crippen LogP contribution in [0.4, 0.5) is 5.82 Å². The Kier molecular flexibility index (Phi) is 3.77. The van der Waals surface area contributed by atoms with Gasteiger partial charge in [-0.05, 0) is 18.6 Å². The first-order valence-electron chi connectivity index (χ1n) is 6.95. The number of hydrogen-bond donors (Lipinski definition) is 0. The van der Waals surface area contributed by atoms with Gasteiger partial charge < -0.3 is 4.90 Å². The molecule has 1 fully saturated rings. The molecule has 3 rings (SSSR count). The van der Waals surface area contributed by atoms with Crippen molar-refractivity contribution in [2.24, 2.45) is 0 Å². The zero-order chi connectivity index (χ0) is 14.9. The van der Waals surface area contributed by atoms with Crippen molar-refractivity contribution < 1.29 is 8.42 Å². The molecule has 0 aliphatic carbocycles. The van der Waals surface area contributed by atoms with E-state index in [1.54, 1.807) is 6.33 Å². The van der Waals surface area contributed by atoms with Gasteiger partial charge >= 0.3 is 0 Å². The fourth-order valence-corrected chi connectivity index (χ4v) is 3.55.